The summed E-state index contributed by atoms with van der Waals surface area (Å²) >= 11 is 0. The molecule has 1 unspecified atom stereocenters. The van der Waals surface area contributed by atoms with Gasteiger partial charge in [-0.25, -0.2) is 0 Å². The molecule has 92 valence electrons. The highest BCUT2D eigenvalue weighted by Gasteiger charge is 2.48. The minimum atomic E-state index is -5.13. The summed E-state index contributed by atoms with van der Waals surface area (Å²) in [4.78, 5) is 22.1. The minimum Gasteiger partial charge on any atom is -0.285 e. The van der Waals surface area contributed by atoms with Crippen molar-refractivity contribution in [2.45, 2.75) is 11.7 Å². The Labute approximate surface area is 89.4 Å². The normalized spacial score (nSPS) is 22.9. The third-order valence-electron chi connectivity index (χ3n) is 1.59. The van der Waals surface area contributed by atoms with Gasteiger partial charge in [-0.3, -0.25) is 18.7 Å². The van der Waals surface area contributed by atoms with E-state index in [0.29, 0.717) is 0 Å². The summed E-state index contributed by atoms with van der Waals surface area (Å²) in [7, 11) is -9.98. The van der Waals surface area contributed by atoms with E-state index in [1.54, 1.807) is 0 Å². The molecule has 1 heterocycles. The molecule has 16 heavy (non-hydrogen) atoms. The Morgan fingerprint density at radius 1 is 1.19 bits per heavy atom. The third-order valence-corrected chi connectivity index (χ3v) is 3.02. The van der Waals surface area contributed by atoms with Crippen molar-refractivity contribution in [3.63, 3.8) is 0 Å². The summed E-state index contributed by atoms with van der Waals surface area (Å²) in [6, 6.07) is 0. The predicted octanol–water partition coefficient (Wildman–Crippen LogP) is -2.26. The van der Waals surface area contributed by atoms with E-state index in [1.807, 2.05) is 0 Å². The SMILES string of the molecule is O=C1CC(S(=O)(=O)O)C(=O)N1OS(=O)(=O)O. The van der Waals surface area contributed by atoms with Gasteiger partial charge in [-0.05, 0) is 0 Å². The van der Waals surface area contributed by atoms with Crippen LogP contribution in [0.15, 0.2) is 0 Å². The van der Waals surface area contributed by atoms with Crippen LogP contribution in [-0.4, -0.2) is 48.1 Å². The molecule has 0 spiro atoms. The van der Waals surface area contributed by atoms with E-state index < -0.39 is 49.1 Å². The molecule has 0 aromatic rings. The number of carbonyl (C=O) groups is 2. The monoisotopic (exact) mass is 275 g/mol. The van der Waals surface area contributed by atoms with Crippen molar-refractivity contribution in [2.24, 2.45) is 0 Å². The number of amides is 2. The molecule has 0 bridgehead atoms. The first-order valence-corrected chi connectivity index (χ1v) is 6.39. The van der Waals surface area contributed by atoms with E-state index >= 15 is 0 Å². The van der Waals surface area contributed by atoms with E-state index in [1.165, 1.54) is 0 Å². The first-order valence-electron chi connectivity index (χ1n) is 3.52. The molecule has 0 radical (unpaired) electrons. The lowest BCUT2D eigenvalue weighted by Crippen LogP contribution is -2.36. The quantitative estimate of drug-likeness (QED) is 0.428. The summed E-state index contributed by atoms with van der Waals surface area (Å²) in [5.74, 6) is -2.91. The molecule has 1 fully saturated rings. The lowest BCUT2D eigenvalue weighted by molar-refractivity contribution is -0.164. The maximum atomic E-state index is 11.1. The summed E-state index contributed by atoms with van der Waals surface area (Å²) in [5, 5.41) is -2.56. The van der Waals surface area contributed by atoms with Crippen LogP contribution in [0.2, 0.25) is 0 Å². The predicted molar refractivity (Wildman–Crippen MR) is 44.4 cm³/mol. The molecule has 10 nitrogen and oxygen atoms in total. The second kappa shape index (κ2) is 3.74. The topological polar surface area (TPSA) is 155 Å². The van der Waals surface area contributed by atoms with Crippen molar-refractivity contribution in [3.05, 3.63) is 0 Å². The maximum Gasteiger partial charge on any atom is 0.419 e. The molecule has 1 aliphatic heterocycles. The standard InChI is InChI=1S/C4H5NO9S2/c6-3-1-2(15(8,9)10)4(7)5(3)14-16(11,12)13/h2H,1H2,(H,8,9,10)(H,11,12,13). The molecule has 1 saturated heterocycles. The van der Waals surface area contributed by atoms with Gasteiger partial charge in [-0.15, -0.1) is 9.35 Å². The van der Waals surface area contributed by atoms with Crippen LogP contribution >= 0.6 is 0 Å². The number of hydrogen-bond donors (Lipinski definition) is 2. The fourth-order valence-corrected chi connectivity index (χ4v) is 2.04. The van der Waals surface area contributed by atoms with Crippen LogP contribution in [0.1, 0.15) is 6.42 Å². The van der Waals surface area contributed by atoms with E-state index in [9.17, 15) is 26.4 Å². The van der Waals surface area contributed by atoms with Crippen molar-refractivity contribution in [1.82, 2.24) is 5.06 Å². The highest BCUT2D eigenvalue weighted by atomic mass is 32.3. The van der Waals surface area contributed by atoms with Gasteiger partial charge in [0, 0.05) is 0 Å². The van der Waals surface area contributed by atoms with Gasteiger partial charge in [-0.2, -0.15) is 16.8 Å². The molecule has 0 saturated carbocycles. The summed E-state index contributed by atoms with van der Waals surface area (Å²) in [6.45, 7) is 0. The molecule has 1 rings (SSSR count). The van der Waals surface area contributed by atoms with Crippen molar-refractivity contribution < 1.29 is 39.8 Å². The number of carbonyl (C=O) groups excluding carboxylic acids is 2. The molecule has 0 aliphatic carbocycles. The van der Waals surface area contributed by atoms with Gasteiger partial charge in [0.15, 0.2) is 5.25 Å². The van der Waals surface area contributed by atoms with Gasteiger partial charge in [0.25, 0.3) is 21.9 Å². The van der Waals surface area contributed by atoms with Crippen LogP contribution < -0.4 is 0 Å². The Balaban J connectivity index is 3.02. The van der Waals surface area contributed by atoms with Gasteiger partial charge >= 0.3 is 10.4 Å². The summed E-state index contributed by atoms with van der Waals surface area (Å²) in [5.41, 5.74) is 0. The number of imide groups is 1. The lowest BCUT2D eigenvalue weighted by atomic mass is 10.4. The molecule has 2 N–H and O–H groups in total. The Kier molecular flexibility index (Phi) is 3.04. The molecule has 2 amide bonds. The average molecular weight is 275 g/mol. The zero-order valence-corrected chi connectivity index (χ0v) is 8.93. The highest BCUT2D eigenvalue weighted by molar-refractivity contribution is 7.87. The van der Waals surface area contributed by atoms with Gasteiger partial charge in [0.2, 0.25) is 0 Å². The second-order valence-corrected chi connectivity index (χ2v) is 5.34. The molecule has 0 aromatic heterocycles. The molecule has 1 atom stereocenters. The average Bonchev–Trinajstić information content (AvgIpc) is 2.28. The van der Waals surface area contributed by atoms with Crippen LogP contribution in [0.3, 0.4) is 0 Å². The third kappa shape index (κ3) is 2.73. The van der Waals surface area contributed by atoms with E-state index in [-0.39, 0.29) is 0 Å². The first-order chi connectivity index (χ1) is 7.02. The maximum absolute atomic E-state index is 11.1. The van der Waals surface area contributed by atoms with E-state index in [0.717, 1.165) is 0 Å². The van der Waals surface area contributed by atoms with Gasteiger partial charge in [0.1, 0.15) is 0 Å². The van der Waals surface area contributed by atoms with Crippen molar-refractivity contribution >= 4 is 32.3 Å². The van der Waals surface area contributed by atoms with Crippen LogP contribution in [0, 0.1) is 0 Å². The molecule has 0 aromatic carbocycles. The number of rotatable bonds is 3. The van der Waals surface area contributed by atoms with Crippen molar-refractivity contribution in [3.8, 4) is 0 Å². The summed E-state index contributed by atoms with van der Waals surface area (Å²) in [6.07, 6.45) is -0.965. The lowest BCUT2D eigenvalue weighted by Gasteiger charge is -2.09. The Bertz CT molecular complexity index is 530. The van der Waals surface area contributed by atoms with Crippen molar-refractivity contribution in [1.29, 1.82) is 0 Å². The van der Waals surface area contributed by atoms with Crippen LogP contribution in [0.5, 0.6) is 0 Å². The molecular weight excluding hydrogens is 270 g/mol. The second-order valence-electron chi connectivity index (χ2n) is 2.74. The number of nitrogens with zero attached hydrogens (tertiary/aromatic N) is 1. The van der Waals surface area contributed by atoms with Crippen LogP contribution in [0.25, 0.3) is 0 Å². The Morgan fingerprint density at radius 2 is 1.69 bits per heavy atom. The van der Waals surface area contributed by atoms with Crippen molar-refractivity contribution in [2.75, 3.05) is 0 Å². The van der Waals surface area contributed by atoms with E-state index in [4.69, 9.17) is 9.11 Å². The largest absolute Gasteiger partial charge is 0.419 e. The van der Waals surface area contributed by atoms with Gasteiger partial charge in [-0.1, -0.05) is 0 Å². The fourth-order valence-electron chi connectivity index (χ4n) is 0.988. The molecular formula is C4H5NO9S2. The molecule has 1 aliphatic rings. The van der Waals surface area contributed by atoms with E-state index in [2.05, 4.69) is 4.28 Å². The molecule has 12 heteroatoms. The smallest absolute Gasteiger partial charge is 0.285 e. The zero-order chi connectivity index (χ0) is 12.7. The zero-order valence-electron chi connectivity index (χ0n) is 7.30. The Morgan fingerprint density at radius 3 is 2.00 bits per heavy atom. The van der Waals surface area contributed by atoms with Gasteiger partial charge in [0.05, 0.1) is 6.42 Å². The van der Waals surface area contributed by atoms with Crippen LogP contribution in [-0.2, 0) is 34.4 Å². The minimum absolute atomic E-state index is 0.437. The van der Waals surface area contributed by atoms with Crippen LogP contribution in [0.4, 0.5) is 0 Å². The first kappa shape index (κ1) is 13.0. The number of hydroxylamine groups is 2. The highest BCUT2D eigenvalue weighted by Crippen LogP contribution is 2.20. The fraction of sp³-hybridized carbons (Fsp3) is 0.500. The van der Waals surface area contributed by atoms with Gasteiger partial charge < -0.3 is 0 Å². The summed E-state index contributed by atoms with van der Waals surface area (Å²) < 4.78 is 61.9. The Hall–Kier alpha value is -1.08. The number of hydrogen-bond acceptors (Lipinski definition) is 7.